The van der Waals surface area contributed by atoms with E-state index in [4.69, 9.17) is 4.74 Å². The predicted octanol–water partition coefficient (Wildman–Crippen LogP) is 1.76. The van der Waals surface area contributed by atoms with Gasteiger partial charge in [-0.2, -0.15) is 0 Å². The van der Waals surface area contributed by atoms with Gasteiger partial charge < -0.3 is 14.8 Å². The smallest absolute Gasteiger partial charge is 0.406 e. The maximum atomic E-state index is 12.2. The summed E-state index contributed by atoms with van der Waals surface area (Å²) in [6.45, 7) is 0.721. The molecule has 1 aromatic carbocycles. The molecule has 152 valence electrons. The molecule has 0 aromatic heterocycles. The second-order valence-electron chi connectivity index (χ2n) is 6.30. The van der Waals surface area contributed by atoms with E-state index in [2.05, 4.69) is 10.1 Å². The Balaban J connectivity index is 1.94. The zero-order valence-electron chi connectivity index (χ0n) is 14.9. The number of rotatable bonds is 6. The number of methoxy groups -OCH3 is 1. The zero-order valence-corrected chi connectivity index (χ0v) is 15.7. The van der Waals surface area contributed by atoms with Gasteiger partial charge >= 0.3 is 6.36 Å². The van der Waals surface area contributed by atoms with Crippen molar-refractivity contribution in [3.63, 3.8) is 0 Å². The van der Waals surface area contributed by atoms with Gasteiger partial charge in [0.15, 0.2) is 0 Å². The molecule has 0 unspecified atom stereocenters. The molecule has 1 amide bonds. The Kier molecular flexibility index (Phi) is 6.38. The first-order valence-electron chi connectivity index (χ1n) is 8.08. The topological polar surface area (TPSA) is 84.9 Å². The number of carbonyl (C=O) groups is 1. The van der Waals surface area contributed by atoms with Crippen LogP contribution in [0.3, 0.4) is 0 Å². The van der Waals surface area contributed by atoms with E-state index in [-0.39, 0.29) is 25.2 Å². The van der Waals surface area contributed by atoms with Gasteiger partial charge in [0.05, 0.1) is 11.9 Å². The fraction of sp³-hybridized carbons (Fsp3) is 0.562. The lowest BCUT2D eigenvalue weighted by molar-refractivity contribution is -0.274. The lowest BCUT2D eigenvalue weighted by atomic mass is 9.92. The summed E-state index contributed by atoms with van der Waals surface area (Å²) in [6, 6.07) is 4.56. The number of halogens is 3. The van der Waals surface area contributed by atoms with E-state index < -0.39 is 33.6 Å². The lowest BCUT2D eigenvalue weighted by Gasteiger charge is -2.39. The standard InChI is InChI=1S/C16H21F3N2O5S/c1-25-15(7-9-21(10-8-15)27(2,23)24)11-20-14(22)12-3-5-13(6-4-12)26-16(17,18)19/h3-6H,7-11H2,1-2H3,(H,20,22). The number of alkyl halides is 3. The highest BCUT2D eigenvalue weighted by Gasteiger charge is 2.37. The average Bonchev–Trinajstić information content (AvgIpc) is 2.58. The molecule has 0 bridgehead atoms. The Hall–Kier alpha value is -1.85. The number of piperidine rings is 1. The van der Waals surface area contributed by atoms with Crippen LogP contribution in [0.4, 0.5) is 13.2 Å². The summed E-state index contributed by atoms with van der Waals surface area (Å²) >= 11 is 0. The highest BCUT2D eigenvalue weighted by molar-refractivity contribution is 7.88. The highest BCUT2D eigenvalue weighted by atomic mass is 32.2. The number of carbonyl (C=O) groups excluding carboxylic acids is 1. The molecule has 7 nitrogen and oxygen atoms in total. The van der Waals surface area contributed by atoms with Gasteiger partial charge in [-0.15, -0.1) is 13.2 Å². The van der Waals surface area contributed by atoms with Crippen LogP contribution in [0.5, 0.6) is 5.75 Å². The minimum absolute atomic E-state index is 0.154. The number of benzene rings is 1. The molecule has 0 saturated carbocycles. The third kappa shape index (κ3) is 6.08. The van der Waals surface area contributed by atoms with Crippen LogP contribution in [0, 0.1) is 0 Å². The van der Waals surface area contributed by atoms with E-state index in [1.54, 1.807) is 0 Å². The summed E-state index contributed by atoms with van der Waals surface area (Å²) < 4.78 is 70.3. The van der Waals surface area contributed by atoms with Gasteiger partial charge in [0.25, 0.3) is 5.91 Å². The Morgan fingerprint density at radius 2 is 1.78 bits per heavy atom. The maximum Gasteiger partial charge on any atom is 0.573 e. The highest BCUT2D eigenvalue weighted by Crippen LogP contribution is 2.27. The molecule has 1 saturated heterocycles. The number of hydrogen-bond acceptors (Lipinski definition) is 5. The van der Waals surface area contributed by atoms with Crippen molar-refractivity contribution in [2.24, 2.45) is 0 Å². The van der Waals surface area contributed by atoms with Gasteiger partial charge in [0.1, 0.15) is 5.75 Å². The van der Waals surface area contributed by atoms with Gasteiger partial charge in [-0.05, 0) is 37.1 Å². The minimum Gasteiger partial charge on any atom is -0.406 e. The Bertz CT molecular complexity index is 757. The van der Waals surface area contributed by atoms with Gasteiger partial charge in [-0.3, -0.25) is 4.79 Å². The van der Waals surface area contributed by atoms with Crippen LogP contribution in [0.1, 0.15) is 23.2 Å². The van der Waals surface area contributed by atoms with Crippen LogP contribution in [0.15, 0.2) is 24.3 Å². The SMILES string of the molecule is COC1(CNC(=O)c2ccc(OC(F)(F)F)cc2)CCN(S(C)(=O)=O)CC1. The van der Waals surface area contributed by atoms with Crippen LogP contribution in [-0.4, -0.2) is 63.6 Å². The van der Waals surface area contributed by atoms with E-state index in [0.717, 1.165) is 18.4 Å². The molecule has 1 N–H and O–H groups in total. The summed E-state index contributed by atoms with van der Waals surface area (Å²) in [5.74, 6) is -0.893. The Morgan fingerprint density at radius 3 is 2.22 bits per heavy atom. The fourth-order valence-corrected chi connectivity index (χ4v) is 3.68. The number of sulfonamides is 1. The first-order valence-corrected chi connectivity index (χ1v) is 9.93. The molecule has 0 radical (unpaired) electrons. The third-order valence-corrected chi connectivity index (χ3v) is 5.76. The molecule has 0 atom stereocenters. The van der Waals surface area contributed by atoms with Crippen LogP contribution in [-0.2, 0) is 14.8 Å². The van der Waals surface area contributed by atoms with Crippen molar-refractivity contribution >= 4 is 15.9 Å². The van der Waals surface area contributed by atoms with E-state index in [9.17, 15) is 26.4 Å². The van der Waals surface area contributed by atoms with Gasteiger partial charge in [0, 0.05) is 32.3 Å². The molecule has 0 aliphatic carbocycles. The summed E-state index contributed by atoms with van der Waals surface area (Å²) in [5, 5.41) is 2.69. The van der Waals surface area contributed by atoms with Gasteiger partial charge in [-0.25, -0.2) is 12.7 Å². The van der Waals surface area contributed by atoms with E-state index in [1.807, 2.05) is 0 Å². The van der Waals surface area contributed by atoms with E-state index in [1.165, 1.54) is 23.5 Å². The number of nitrogens with zero attached hydrogens (tertiary/aromatic N) is 1. The summed E-state index contributed by atoms with van der Waals surface area (Å²) in [6.07, 6.45) is -2.83. The average molecular weight is 410 g/mol. The fourth-order valence-electron chi connectivity index (χ4n) is 2.83. The summed E-state index contributed by atoms with van der Waals surface area (Å²) in [7, 11) is -1.79. The molecular formula is C16H21F3N2O5S. The first kappa shape index (κ1) is 21.5. The van der Waals surface area contributed by atoms with Crippen molar-refractivity contribution in [1.82, 2.24) is 9.62 Å². The maximum absolute atomic E-state index is 12.2. The quantitative estimate of drug-likeness (QED) is 0.773. The molecule has 1 aliphatic heterocycles. The van der Waals surface area contributed by atoms with Crippen LogP contribution in [0.25, 0.3) is 0 Å². The second kappa shape index (κ2) is 8.03. The molecule has 1 heterocycles. The molecule has 1 aromatic rings. The Labute approximate surface area is 155 Å². The zero-order chi connectivity index (χ0) is 20.3. The van der Waals surface area contributed by atoms with Crippen LogP contribution in [0.2, 0.25) is 0 Å². The summed E-state index contributed by atoms with van der Waals surface area (Å²) in [4.78, 5) is 12.2. The van der Waals surface area contributed by atoms with Crippen molar-refractivity contribution in [2.75, 3.05) is 33.0 Å². The molecule has 27 heavy (non-hydrogen) atoms. The second-order valence-corrected chi connectivity index (χ2v) is 8.29. The van der Waals surface area contributed by atoms with Crippen molar-refractivity contribution < 1.29 is 35.9 Å². The first-order chi connectivity index (χ1) is 12.4. The minimum atomic E-state index is -4.80. The van der Waals surface area contributed by atoms with Gasteiger partial charge in [-0.1, -0.05) is 0 Å². The predicted molar refractivity (Wildman–Crippen MR) is 90.8 cm³/mol. The van der Waals surface area contributed by atoms with E-state index in [0.29, 0.717) is 12.8 Å². The molecule has 0 spiro atoms. The van der Waals surface area contributed by atoms with Crippen molar-refractivity contribution in [2.45, 2.75) is 24.8 Å². The lowest BCUT2D eigenvalue weighted by Crippen LogP contribution is -2.52. The molecule has 2 rings (SSSR count). The third-order valence-electron chi connectivity index (χ3n) is 4.46. The van der Waals surface area contributed by atoms with Crippen molar-refractivity contribution in [3.8, 4) is 5.75 Å². The molecule has 1 fully saturated rings. The largest absolute Gasteiger partial charge is 0.573 e. The number of hydrogen-bond donors (Lipinski definition) is 1. The number of nitrogens with one attached hydrogen (secondary N) is 1. The molecular weight excluding hydrogens is 389 g/mol. The van der Waals surface area contributed by atoms with Crippen molar-refractivity contribution in [3.05, 3.63) is 29.8 Å². The molecule has 11 heteroatoms. The number of ether oxygens (including phenoxy) is 2. The summed E-state index contributed by atoms with van der Waals surface area (Å²) in [5.41, 5.74) is -0.528. The molecule has 1 aliphatic rings. The van der Waals surface area contributed by atoms with Crippen molar-refractivity contribution in [1.29, 1.82) is 0 Å². The van der Waals surface area contributed by atoms with Gasteiger partial charge in [0.2, 0.25) is 10.0 Å². The van der Waals surface area contributed by atoms with Crippen LogP contribution < -0.4 is 10.1 Å². The monoisotopic (exact) mass is 410 g/mol. The normalized spacial score (nSPS) is 18.1. The Morgan fingerprint density at radius 1 is 1.22 bits per heavy atom. The van der Waals surface area contributed by atoms with Crippen LogP contribution >= 0.6 is 0 Å². The van der Waals surface area contributed by atoms with E-state index >= 15 is 0 Å². The number of amides is 1.